The monoisotopic (exact) mass is 239 g/mol. The molecule has 0 radical (unpaired) electrons. The van der Waals surface area contributed by atoms with Crippen LogP contribution in [0.25, 0.3) is 0 Å². The lowest BCUT2D eigenvalue weighted by molar-refractivity contribution is 0.0944. The summed E-state index contributed by atoms with van der Waals surface area (Å²) in [4.78, 5) is 16.8. The number of aryl methyl sites for hydroxylation is 1. The zero-order chi connectivity index (χ0) is 11.4. The molecular formula is C11H17N3OS. The Morgan fingerprint density at radius 1 is 1.75 bits per heavy atom. The number of thiazole rings is 1. The Balaban J connectivity index is 1.91. The lowest BCUT2D eigenvalue weighted by atomic mass is 10.2. The van der Waals surface area contributed by atoms with Crippen molar-refractivity contribution >= 4 is 17.2 Å². The molecule has 0 aromatic carbocycles. The molecule has 1 aliphatic heterocycles. The topological polar surface area (TPSA) is 54.0 Å². The van der Waals surface area contributed by atoms with Gasteiger partial charge in [0.15, 0.2) is 0 Å². The van der Waals surface area contributed by atoms with Crippen molar-refractivity contribution < 1.29 is 4.79 Å². The van der Waals surface area contributed by atoms with Crippen LogP contribution in [0.5, 0.6) is 0 Å². The third-order valence-corrected chi connectivity index (χ3v) is 3.69. The smallest absolute Gasteiger partial charge is 0.263 e. The van der Waals surface area contributed by atoms with Gasteiger partial charge in [0.2, 0.25) is 0 Å². The first-order valence-electron chi connectivity index (χ1n) is 5.76. The molecule has 2 N–H and O–H groups in total. The maximum atomic E-state index is 11.8. The first kappa shape index (κ1) is 11.5. The van der Waals surface area contributed by atoms with Gasteiger partial charge in [-0.05, 0) is 25.8 Å². The molecule has 0 spiro atoms. The molecule has 0 aliphatic carbocycles. The van der Waals surface area contributed by atoms with Gasteiger partial charge in [0.25, 0.3) is 5.91 Å². The Morgan fingerprint density at radius 3 is 3.31 bits per heavy atom. The molecule has 1 saturated heterocycles. The zero-order valence-corrected chi connectivity index (χ0v) is 10.3. The summed E-state index contributed by atoms with van der Waals surface area (Å²) >= 11 is 1.51. The van der Waals surface area contributed by atoms with Crippen LogP contribution in [0, 0.1) is 0 Å². The van der Waals surface area contributed by atoms with Crippen molar-refractivity contribution in [1.29, 1.82) is 0 Å². The fraction of sp³-hybridized carbons (Fsp3) is 0.636. The van der Waals surface area contributed by atoms with Crippen LogP contribution in [0.4, 0.5) is 0 Å². The molecule has 5 heteroatoms. The predicted octanol–water partition coefficient (Wildman–Crippen LogP) is 1.19. The highest BCUT2D eigenvalue weighted by Crippen LogP contribution is 2.14. The summed E-state index contributed by atoms with van der Waals surface area (Å²) in [5, 5.41) is 7.30. The Bertz CT molecular complexity index is 358. The van der Waals surface area contributed by atoms with Crippen LogP contribution in [0.3, 0.4) is 0 Å². The van der Waals surface area contributed by atoms with Gasteiger partial charge in [0.05, 0.1) is 11.2 Å². The summed E-state index contributed by atoms with van der Waals surface area (Å²) in [5.41, 5.74) is 0. The molecule has 2 rings (SSSR count). The predicted molar refractivity (Wildman–Crippen MR) is 64.8 cm³/mol. The molecule has 1 aromatic rings. The highest BCUT2D eigenvalue weighted by atomic mass is 32.1. The fourth-order valence-corrected chi connectivity index (χ4v) is 2.70. The van der Waals surface area contributed by atoms with Crippen molar-refractivity contribution in [2.45, 2.75) is 32.2 Å². The molecule has 4 nitrogen and oxygen atoms in total. The van der Waals surface area contributed by atoms with Gasteiger partial charge in [-0.15, -0.1) is 11.3 Å². The number of amides is 1. The van der Waals surface area contributed by atoms with Crippen LogP contribution in [0.15, 0.2) is 6.20 Å². The van der Waals surface area contributed by atoms with Crippen LogP contribution in [-0.2, 0) is 6.42 Å². The Hall–Kier alpha value is -0.940. The highest BCUT2D eigenvalue weighted by molar-refractivity contribution is 7.13. The maximum absolute atomic E-state index is 11.8. The molecule has 88 valence electrons. The van der Waals surface area contributed by atoms with Gasteiger partial charge in [-0.25, -0.2) is 4.98 Å². The number of rotatable bonds is 4. The minimum Gasteiger partial charge on any atom is -0.347 e. The van der Waals surface area contributed by atoms with Crippen molar-refractivity contribution in [1.82, 2.24) is 15.6 Å². The number of carbonyl (C=O) groups is 1. The summed E-state index contributed by atoms with van der Waals surface area (Å²) < 4.78 is 0. The number of nitrogens with one attached hydrogen (secondary N) is 2. The number of hydrogen-bond acceptors (Lipinski definition) is 4. The Kier molecular flexibility index (Phi) is 3.90. The van der Waals surface area contributed by atoms with E-state index >= 15 is 0 Å². The molecule has 1 aliphatic rings. The molecule has 1 amide bonds. The van der Waals surface area contributed by atoms with E-state index in [-0.39, 0.29) is 11.9 Å². The zero-order valence-electron chi connectivity index (χ0n) is 9.45. The summed E-state index contributed by atoms with van der Waals surface area (Å²) in [6, 6.07) is 0.282. The second-order valence-corrected chi connectivity index (χ2v) is 5.15. The molecule has 0 bridgehead atoms. The van der Waals surface area contributed by atoms with Gasteiger partial charge in [0, 0.05) is 12.6 Å². The molecule has 1 fully saturated rings. The van der Waals surface area contributed by atoms with Crippen LogP contribution in [-0.4, -0.2) is 30.0 Å². The molecular weight excluding hydrogens is 222 g/mol. The number of aromatic nitrogens is 1. The molecule has 1 unspecified atom stereocenters. The van der Waals surface area contributed by atoms with Crippen molar-refractivity contribution in [3.8, 4) is 0 Å². The Labute approximate surface area is 99.5 Å². The van der Waals surface area contributed by atoms with E-state index in [4.69, 9.17) is 0 Å². The minimum atomic E-state index is 0.0218. The first-order valence-corrected chi connectivity index (χ1v) is 6.57. The third kappa shape index (κ3) is 2.80. The van der Waals surface area contributed by atoms with E-state index < -0.39 is 0 Å². The third-order valence-electron chi connectivity index (χ3n) is 2.64. The molecule has 0 saturated carbocycles. The second-order valence-electron chi connectivity index (χ2n) is 4.03. The van der Waals surface area contributed by atoms with E-state index in [0.29, 0.717) is 0 Å². The molecule has 2 heterocycles. The minimum absolute atomic E-state index is 0.0218. The van der Waals surface area contributed by atoms with Gasteiger partial charge in [0.1, 0.15) is 4.88 Å². The summed E-state index contributed by atoms with van der Waals surface area (Å²) in [6.45, 7) is 3.99. The second kappa shape index (κ2) is 5.41. The van der Waals surface area contributed by atoms with E-state index in [2.05, 4.69) is 22.5 Å². The van der Waals surface area contributed by atoms with Crippen LogP contribution >= 0.6 is 11.3 Å². The lowest BCUT2D eigenvalue weighted by Gasteiger charge is -2.09. The van der Waals surface area contributed by atoms with E-state index in [1.54, 1.807) is 6.20 Å². The van der Waals surface area contributed by atoms with Crippen LogP contribution in [0.2, 0.25) is 0 Å². The van der Waals surface area contributed by atoms with Gasteiger partial charge in [-0.1, -0.05) is 6.92 Å². The van der Waals surface area contributed by atoms with Gasteiger partial charge >= 0.3 is 0 Å². The van der Waals surface area contributed by atoms with Crippen molar-refractivity contribution in [3.63, 3.8) is 0 Å². The quantitative estimate of drug-likeness (QED) is 0.830. The maximum Gasteiger partial charge on any atom is 0.263 e. The molecule has 16 heavy (non-hydrogen) atoms. The normalized spacial score (nSPS) is 19.9. The van der Waals surface area contributed by atoms with Crippen molar-refractivity contribution in [3.05, 3.63) is 16.1 Å². The number of carbonyl (C=O) groups excluding carboxylic acids is 1. The summed E-state index contributed by atoms with van der Waals surface area (Å²) in [7, 11) is 0. The fourth-order valence-electron chi connectivity index (χ4n) is 1.78. The van der Waals surface area contributed by atoms with Gasteiger partial charge in [-0.2, -0.15) is 0 Å². The largest absolute Gasteiger partial charge is 0.347 e. The lowest BCUT2D eigenvalue weighted by Crippen LogP contribution is -2.35. The number of hydrogen-bond donors (Lipinski definition) is 2. The van der Waals surface area contributed by atoms with Crippen LogP contribution in [0.1, 0.15) is 34.4 Å². The van der Waals surface area contributed by atoms with E-state index in [0.717, 1.165) is 42.2 Å². The highest BCUT2D eigenvalue weighted by Gasteiger charge is 2.18. The van der Waals surface area contributed by atoms with Gasteiger partial charge < -0.3 is 10.6 Å². The molecule has 1 atom stereocenters. The van der Waals surface area contributed by atoms with Gasteiger partial charge in [-0.3, -0.25) is 4.79 Å². The summed E-state index contributed by atoms with van der Waals surface area (Å²) in [5.74, 6) is 0.0218. The van der Waals surface area contributed by atoms with Crippen LogP contribution < -0.4 is 10.6 Å². The van der Waals surface area contributed by atoms with E-state index in [1.807, 2.05) is 0 Å². The van der Waals surface area contributed by atoms with E-state index in [1.165, 1.54) is 11.3 Å². The number of nitrogens with zero attached hydrogens (tertiary/aromatic N) is 1. The first-order chi connectivity index (χ1) is 7.79. The van der Waals surface area contributed by atoms with Crippen molar-refractivity contribution in [2.24, 2.45) is 0 Å². The summed E-state index contributed by atoms with van der Waals surface area (Å²) in [6.07, 6.45) is 4.74. The average molecular weight is 239 g/mol. The van der Waals surface area contributed by atoms with Crippen molar-refractivity contribution in [2.75, 3.05) is 13.1 Å². The molecule has 1 aromatic heterocycles. The standard InChI is InChI=1S/C11H17N3OS/c1-2-3-10-13-7-9(16-10)11(15)14-8-4-5-12-6-8/h7-8,12H,2-6H2,1H3,(H,14,15). The SMILES string of the molecule is CCCc1ncc(C(=O)NC2CCNC2)s1. The Morgan fingerprint density at radius 2 is 2.62 bits per heavy atom. The van der Waals surface area contributed by atoms with E-state index in [9.17, 15) is 4.79 Å². The average Bonchev–Trinajstić information content (AvgIpc) is 2.89.